The van der Waals surface area contributed by atoms with E-state index in [2.05, 4.69) is 16.7 Å². The quantitative estimate of drug-likeness (QED) is 0.756. The molecule has 5 heteroatoms. The van der Waals surface area contributed by atoms with E-state index in [1.807, 2.05) is 24.3 Å². The molecule has 2 aromatic carbocycles. The van der Waals surface area contributed by atoms with Gasteiger partial charge in [-0.1, -0.05) is 18.9 Å². The van der Waals surface area contributed by atoms with Crippen molar-refractivity contribution >= 4 is 17.3 Å². The second-order valence-corrected chi connectivity index (χ2v) is 7.00. The molecule has 5 nitrogen and oxygen atoms in total. The molecule has 1 fully saturated rings. The number of ether oxygens (including phenoxy) is 1. The molecule has 0 radical (unpaired) electrons. The zero-order valence-corrected chi connectivity index (χ0v) is 15.6. The van der Waals surface area contributed by atoms with Gasteiger partial charge in [0.25, 0.3) is 5.91 Å². The normalized spacial score (nSPS) is 15.0. The van der Waals surface area contributed by atoms with E-state index >= 15 is 0 Å². The van der Waals surface area contributed by atoms with E-state index in [1.54, 1.807) is 31.2 Å². The summed E-state index contributed by atoms with van der Waals surface area (Å²) < 4.78 is 5.63. The van der Waals surface area contributed by atoms with Crippen molar-refractivity contribution in [3.05, 3.63) is 54.1 Å². The molecule has 0 saturated heterocycles. The van der Waals surface area contributed by atoms with Crippen LogP contribution in [0, 0.1) is 17.2 Å². The van der Waals surface area contributed by atoms with Crippen LogP contribution in [0.3, 0.4) is 0 Å². The Bertz CT molecular complexity index is 805. The average molecular weight is 363 g/mol. The maximum Gasteiger partial charge on any atom is 0.265 e. The van der Waals surface area contributed by atoms with Crippen LogP contribution < -0.4 is 15.4 Å². The van der Waals surface area contributed by atoms with Gasteiger partial charge in [0, 0.05) is 17.9 Å². The summed E-state index contributed by atoms with van der Waals surface area (Å²) in [7, 11) is 0. The lowest BCUT2D eigenvalue weighted by atomic mass is 10.1. The maximum absolute atomic E-state index is 12.3. The molecule has 140 valence electrons. The van der Waals surface area contributed by atoms with E-state index in [-0.39, 0.29) is 5.91 Å². The molecule has 1 atom stereocenters. The molecule has 0 heterocycles. The molecule has 27 heavy (non-hydrogen) atoms. The Morgan fingerprint density at radius 1 is 1.19 bits per heavy atom. The first kappa shape index (κ1) is 18.8. The van der Waals surface area contributed by atoms with Crippen LogP contribution in [0.25, 0.3) is 0 Å². The molecule has 1 saturated carbocycles. The van der Waals surface area contributed by atoms with Crippen LogP contribution >= 0.6 is 0 Å². The van der Waals surface area contributed by atoms with Crippen LogP contribution in [0.2, 0.25) is 0 Å². The highest BCUT2D eigenvalue weighted by Gasteiger charge is 2.16. The van der Waals surface area contributed by atoms with E-state index in [0.717, 1.165) is 23.8 Å². The van der Waals surface area contributed by atoms with Gasteiger partial charge >= 0.3 is 0 Å². The molecular weight excluding hydrogens is 338 g/mol. The van der Waals surface area contributed by atoms with Crippen molar-refractivity contribution in [1.82, 2.24) is 0 Å². The number of nitrogens with one attached hydrogen (secondary N) is 2. The standard InChI is InChI=1S/C22H25N3O2/c1-16(27-21-8-4-7-18(13-21)14-23)22(26)25-20-11-9-19(10-12-20)24-15-17-5-2-3-6-17/h4,7-13,16-17,24H,2-3,5-6,15H2,1H3,(H,25,26). The molecule has 2 aromatic rings. The van der Waals surface area contributed by atoms with E-state index in [9.17, 15) is 4.79 Å². The Morgan fingerprint density at radius 3 is 2.59 bits per heavy atom. The smallest absolute Gasteiger partial charge is 0.265 e. The van der Waals surface area contributed by atoms with Crippen LogP contribution in [-0.2, 0) is 4.79 Å². The average Bonchev–Trinajstić information content (AvgIpc) is 3.21. The second kappa shape index (κ2) is 9.09. The molecule has 2 N–H and O–H groups in total. The summed E-state index contributed by atoms with van der Waals surface area (Å²) in [4.78, 5) is 12.3. The Kier molecular flexibility index (Phi) is 6.32. The largest absolute Gasteiger partial charge is 0.481 e. The third-order valence-corrected chi connectivity index (χ3v) is 4.87. The minimum Gasteiger partial charge on any atom is -0.481 e. The van der Waals surface area contributed by atoms with Gasteiger partial charge in [-0.2, -0.15) is 5.26 Å². The predicted octanol–water partition coefficient (Wildman–Crippen LogP) is 4.57. The molecule has 1 aliphatic rings. The fourth-order valence-corrected chi connectivity index (χ4v) is 3.29. The molecule has 1 amide bonds. The van der Waals surface area contributed by atoms with Crippen LogP contribution in [0.1, 0.15) is 38.2 Å². The third-order valence-electron chi connectivity index (χ3n) is 4.87. The van der Waals surface area contributed by atoms with Crippen molar-refractivity contribution in [3.63, 3.8) is 0 Å². The van der Waals surface area contributed by atoms with Crippen molar-refractivity contribution in [2.45, 2.75) is 38.7 Å². The van der Waals surface area contributed by atoms with Crippen molar-refractivity contribution in [2.24, 2.45) is 5.92 Å². The van der Waals surface area contributed by atoms with Crippen molar-refractivity contribution < 1.29 is 9.53 Å². The van der Waals surface area contributed by atoms with Crippen LogP contribution in [0.5, 0.6) is 5.75 Å². The Labute approximate surface area is 160 Å². The number of carbonyl (C=O) groups excluding carboxylic acids is 1. The Balaban J connectivity index is 1.49. The van der Waals surface area contributed by atoms with Gasteiger partial charge in [-0.3, -0.25) is 4.79 Å². The zero-order valence-electron chi connectivity index (χ0n) is 15.6. The lowest BCUT2D eigenvalue weighted by Crippen LogP contribution is -2.30. The number of carbonyl (C=O) groups is 1. The summed E-state index contributed by atoms with van der Waals surface area (Å²) in [5, 5.41) is 15.3. The van der Waals surface area contributed by atoms with Crippen molar-refractivity contribution in [3.8, 4) is 11.8 Å². The first-order valence-corrected chi connectivity index (χ1v) is 9.45. The first-order valence-electron chi connectivity index (χ1n) is 9.45. The number of nitriles is 1. The van der Waals surface area contributed by atoms with Crippen LogP contribution in [-0.4, -0.2) is 18.6 Å². The molecule has 3 rings (SSSR count). The lowest BCUT2D eigenvalue weighted by molar-refractivity contribution is -0.122. The van der Waals surface area contributed by atoms with E-state index in [1.165, 1.54) is 25.7 Å². The van der Waals surface area contributed by atoms with Gasteiger partial charge in [0.2, 0.25) is 0 Å². The number of anilines is 2. The second-order valence-electron chi connectivity index (χ2n) is 7.00. The molecule has 0 bridgehead atoms. The summed E-state index contributed by atoms with van der Waals surface area (Å²) in [6, 6.07) is 16.6. The molecule has 0 aliphatic heterocycles. The molecule has 1 aliphatic carbocycles. The third kappa shape index (κ3) is 5.49. The fourth-order valence-electron chi connectivity index (χ4n) is 3.29. The predicted molar refractivity (Wildman–Crippen MR) is 107 cm³/mol. The number of hydrogen-bond donors (Lipinski definition) is 2. The van der Waals surface area contributed by atoms with Gasteiger partial charge in [0.05, 0.1) is 11.6 Å². The van der Waals surface area contributed by atoms with Crippen LogP contribution in [0.4, 0.5) is 11.4 Å². The minimum atomic E-state index is -0.667. The number of hydrogen-bond acceptors (Lipinski definition) is 4. The van der Waals surface area contributed by atoms with Gasteiger partial charge in [0.1, 0.15) is 5.75 Å². The van der Waals surface area contributed by atoms with Gasteiger partial charge < -0.3 is 15.4 Å². The zero-order chi connectivity index (χ0) is 19.1. The molecule has 0 aromatic heterocycles. The number of amides is 1. The van der Waals surface area contributed by atoms with Gasteiger partial charge in [0.15, 0.2) is 6.10 Å². The SMILES string of the molecule is CC(Oc1cccc(C#N)c1)C(=O)Nc1ccc(NCC2CCCC2)cc1. The highest BCUT2D eigenvalue weighted by molar-refractivity contribution is 5.94. The summed E-state index contributed by atoms with van der Waals surface area (Å²) in [5.41, 5.74) is 2.30. The lowest BCUT2D eigenvalue weighted by Gasteiger charge is -2.15. The Hall–Kier alpha value is -3.00. The molecule has 1 unspecified atom stereocenters. The van der Waals surface area contributed by atoms with Gasteiger partial charge in [-0.25, -0.2) is 0 Å². The van der Waals surface area contributed by atoms with E-state index in [4.69, 9.17) is 10.00 Å². The van der Waals surface area contributed by atoms with E-state index in [0.29, 0.717) is 11.3 Å². The summed E-state index contributed by atoms with van der Waals surface area (Å²) in [6.45, 7) is 2.70. The minimum absolute atomic E-state index is 0.232. The van der Waals surface area contributed by atoms with Crippen molar-refractivity contribution in [1.29, 1.82) is 5.26 Å². The highest BCUT2D eigenvalue weighted by Crippen LogP contribution is 2.25. The number of benzene rings is 2. The first-order chi connectivity index (χ1) is 13.1. The molecule has 0 spiro atoms. The summed E-state index contributed by atoms with van der Waals surface area (Å²) in [6.07, 6.45) is 4.66. The number of nitrogens with zero attached hydrogens (tertiary/aromatic N) is 1. The molecular formula is C22H25N3O2. The van der Waals surface area contributed by atoms with Gasteiger partial charge in [-0.15, -0.1) is 0 Å². The summed E-state index contributed by atoms with van der Waals surface area (Å²) in [5.74, 6) is 1.05. The van der Waals surface area contributed by atoms with E-state index < -0.39 is 6.10 Å². The van der Waals surface area contributed by atoms with Gasteiger partial charge in [-0.05, 0) is 68.1 Å². The number of rotatable bonds is 7. The van der Waals surface area contributed by atoms with Crippen LogP contribution in [0.15, 0.2) is 48.5 Å². The summed E-state index contributed by atoms with van der Waals surface area (Å²) >= 11 is 0. The topological polar surface area (TPSA) is 74.1 Å². The Morgan fingerprint density at radius 2 is 1.89 bits per heavy atom. The maximum atomic E-state index is 12.3. The highest BCUT2D eigenvalue weighted by atomic mass is 16.5. The fraction of sp³-hybridized carbons (Fsp3) is 0.364. The van der Waals surface area contributed by atoms with Crippen molar-refractivity contribution in [2.75, 3.05) is 17.2 Å². The monoisotopic (exact) mass is 363 g/mol.